The topological polar surface area (TPSA) is 66.8 Å². The van der Waals surface area contributed by atoms with Crippen LogP contribution in [0.5, 0.6) is 5.75 Å². The van der Waals surface area contributed by atoms with Gasteiger partial charge in [0, 0.05) is 13.0 Å². The maximum Gasteiger partial charge on any atom is 0.335 e. The molecule has 21 heavy (non-hydrogen) atoms. The Morgan fingerprint density at radius 2 is 2.29 bits per heavy atom. The molecule has 0 aliphatic carbocycles. The first kappa shape index (κ1) is 15.8. The average molecular weight is 401 g/mol. The van der Waals surface area contributed by atoms with Crippen LogP contribution in [0.15, 0.2) is 24.8 Å². The van der Waals surface area contributed by atoms with Crippen molar-refractivity contribution >= 4 is 40.2 Å². The van der Waals surface area contributed by atoms with Crippen molar-refractivity contribution in [2.24, 2.45) is 0 Å². The van der Waals surface area contributed by atoms with E-state index >= 15 is 0 Å². The first-order valence-electron chi connectivity index (χ1n) is 6.65. The van der Waals surface area contributed by atoms with Crippen molar-refractivity contribution in [1.29, 1.82) is 0 Å². The van der Waals surface area contributed by atoms with Gasteiger partial charge in [0.2, 0.25) is 5.91 Å². The molecular formula is C15H16INO4. The Morgan fingerprint density at radius 1 is 1.52 bits per heavy atom. The molecule has 1 N–H and O–H groups in total. The Balaban J connectivity index is 2.43. The van der Waals surface area contributed by atoms with Crippen molar-refractivity contribution in [3.63, 3.8) is 0 Å². The lowest BCUT2D eigenvalue weighted by molar-refractivity contribution is -0.117. The lowest BCUT2D eigenvalue weighted by Crippen LogP contribution is -2.25. The summed E-state index contributed by atoms with van der Waals surface area (Å²) in [6.45, 7) is 4.68. The van der Waals surface area contributed by atoms with Crippen molar-refractivity contribution in [1.82, 2.24) is 0 Å². The SMILES string of the molecule is C=CCCOc1c(I)cc(C(=O)O)cc1N1CCCC1=O. The largest absolute Gasteiger partial charge is 0.490 e. The number of ether oxygens (including phenoxy) is 1. The third kappa shape index (κ3) is 3.55. The van der Waals surface area contributed by atoms with E-state index in [2.05, 4.69) is 6.58 Å². The molecule has 0 atom stereocenters. The number of hydrogen-bond acceptors (Lipinski definition) is 3. The van der Waals surface area contributed by atoms with Crippen LogP contribution in [0.4, 0.5) is 5.69 Å². The third-order valence-corrected chi connectivity index (χ3v) is 4.00. The van der Waals surface area contributed by atoms with Crippen molar-refractivity contribution in [2.45, 2.75) is 19.3 Å². The van der Waals surface area contributed by atoms with Crippen LogP contribution in [0, 0.1) is 3.57 Å². The summed E-state index contributed by atoms with van der Waals surface area (Å²) in [4.78, 5) is 24.8. The molecule has 1 heterocycles. The minimum Gasteiger partial charge on any atom is -0.490 e. The number of benzene rings is 1. The molecule has 1 amide bonds. The van der Waals surface area contributed by atoms with Gasteiger partial charge in [0.1, 0.15) is 0 Å². The first-order chi connectivity index (χ1) is 10.0. The van der Waals surface area contributed by atoms with E-state index < -0.39 is 5.97 Å². The number of nitrogens with zero attached hydrogens (tertiary/aromatic N) is 1. The first-order valence-corrected chi connectivity index (χ1v) is 7.73. The lowest BCUT2D eigenvalue weighted by atomic mass is 10.1. The molecule has 6 heteroatoms. The van der Waals surface area contributed by atoms with E-state index in [-0.39, 0.29) is 11.5 Å². The van der Waals surface area contributed by atoms with Crippen molar-refractivity contribution in [2.75, 3.05) is 18.1 Å². The van der Waals surface area contributed by atoms with E-state index in [0.29, 0.717) is 41.0 Å². The van der Waals surface area contributed by atoms with Gasteiger partial charge >= 0.3 is 5.97 Å². The highest BCUT2D eigenvalue weighted by atomic mass is 127. The van der Waals surface area contributed by atoms with Crippen molar-refractivity contribution in [3.8, 4) is 5.75 Å². The number of amides is 1. The lowest BCUT2D eigenvalue weighted by Gasteiger charge is -2.21. The molecule has 1 aromatic rings. The second-order valence-corrected chi connectivity index (χ2v) is 5.85. The average Bonchev–Trinajstić information content (AvgIpc) is 2.86. The molecule has 112 valence electrons. The molecule has 0 bridgehead atoms. The van der Waals surface area contributed by atoms with Gasteiger partial charge in [0.15, 0.2) is 5.75 Å². The molecule has 1 fully saturated rings. The quantitative estimate of drug-likeness (QED) is 0.452. The van der Waals surface area contributed by atoms with Gasteiger partial charge in [-0.05, 0) is 47.6 Å². The van der Waals surface area contributed by atoms with Crippen LogP contribution in [-0.4, -0.2) is 30.1 Å². The molecule has 1 aliphatic rings. The molecule has 0 unspecified atom stereocenters. The fourth-order valence-electron chi connectivity index (χ4n) is 2.19. The predicted molar refractivity (Wildman–Crippen MR) is 88.0 cm³/mol. The molecule has 0 aromatic heterocycles. The molecule has 0 saturated carbocycles. The van der Waals surface area contributed by atoms with E-state index in [1.165, 1.54) is 6.07 Å². The molecule has 2 rings (SSSR count). The predicted octanol–water partition coefficient (Wildman–Crippen LogP) is 3.07. The minimum absolute atomic E-state index is 0.00177. The van der Waals surface area contributed by atoms with Gasteiger partial charge < -0.3 is 14.7 Å². The number of hydrogen-bond donors (Lipinski definition) is 1. The van der Waals surface area contributed by atoms with Gasteiger partial charge in [-0.25, -0.2) is 4.79 Å². The highest BCUT2D eigenvalue weighted by Gasteiger charge is 2.27. The van der Waals surface area contributed by atoms with Gasteiger partial charge in [-0.15, -0.1) is 6.58 Å². The summed E-state index contributed by atoms with van der Waals surface area (Å²) in [5.41, 5.74) is 0.705. The Labute approximate surface area is 136 Å². The summed E-state index contributed by atoms with van der Waals surface area (Å²) in [6.07, 6.45) is 3.70. The van der Waals surface area contributed by atoms with E-state index in [1.807, 2.05) is 22.6 Å². The minimum atomic E-state index is -1.02. The van der Waals surface area contributed by atoms with Gasteiger partial charge in [-0.2, -0.15) is 0 Å². The van der Waals surface area contributed by atoms with Crippen LogP contribution >= 0.6 is 22.6 Å². The van der Waals surface area contributed by atoms with Crippen LogP contribution in [0.2, 0.25) is 0 Å². The van der Waals surface area contributed by atoms with Crippen LogP contribution in [0.25, 0.3) is 0 Å². The molecule has 0 spiro atoms. The fourth-order valence-corrected chi connectivity index (χ4v) is 2.96. The number of carbonyl (C=O) groups excluding carboxylic acids is 1. The van der Waals surface area contributed by atoms with E-state index in [4.69, 9.17) is 4.74 Å². The van der Waals surface area contributed by atoms with Crippen molar-refractivity contribution in [3.05, 3.63) is 33.9 Å². The molecule has 0 radical (unpaired) electrons. The highest BCUT2D eigenvalue weighted by molar-refractivity contribution is 14.1. The highest BCUT2D eigenvalue weighted by Crippen LogP contribution is 2.37. The number of carboxylic acid groups (broad SMARTS) is 1. The van der Waals surface area contributed by atoms with Crippen LogP contribution < -0.4 is 9.64 Å². The Hall–Kier alpha value is -1.57. The number of rotatable bonds is 6. The van der Waals surface area contributed by atoms with E-state index in [0.717, 1.165) is 6.42 Å². The van der Waals surface area contributed by atoms with E-state index in [1.54, 1.807) is 17.0 Å². The molecule has 1 aromatic carbocycles. The monoisotopic (exact) mass is 401 g/mol. The number of carboxylic acids is 1. The van der Waals surface area contributed by atoms with Crippen LogP contribution in [0.3, 0.4) is 0 Å². The Morgan fingerprint density at radius 3 is 2.86 bits per heavy atom. The number of halogens is 1. The van der Waals surface area contributed by atoms with Crippen LogP contribution in [-0.2, 0) is 4.79 Å². The summed E-state index contributed by atoms with van der Waals surface area (Å²) in [6, 6.07) is 3.06. The van der Waals surface area contributed by atoms with Gasteiger partial charge in [0.05, 0.1) is 21.4 Å². The van der Waals surface area contributed by atoms with E-state index in [9.17, 15) is 14.7 Å². The standard InChI is InChI=1S/C15H16INO4/c1-2-3-7-21-14-11(16)8-10(15(19)20)9-12(14)17-6-4-5-13(17)18/h2,8-9H,1,3-7H2,(H,19,20). The summed E-state index contributed by atoms with van der Waals surface area (Å²) in [5.74, 6) is -0.446. The Bertz CT molecular complexity index is 585. The fraction of sp³-hybridized carbons (Fsp3) is 0.333. The molecule has 1 aliphatic heterocycles. The smallest absolute Gasteiger partial charge is 0.335 e. The number of carbonyl (C=O) groups is 2. The second kappa shape index (κ2) is 6.93. The van der Waals surface area contributed by atoms with Crippen LogP contribution in [0.1, 0.15) is 29.6 Å². The second-order valence-electron chi connectivity index (χ2n) is 4.69. The zero-order valence-electron chi connectivity index (χ0n) is 11.5. The zero-order chi connectivity index (χ0) is 15.4. The molecule has 1 saturated heterocycles. The summed E-state index contributed by atoms with van der Waals surface area (Å²) in [7, 11) is 0. The molecular weight excluding hydrogens is 385 g/mol. The zero-order valence-corrected chi connectivity index (χ0v) is 13.6. The normalized spacial score (nSPS) is 14.3. The number of aromatic carboxylic acids is 1. The Kier molecular flexibility index (Phi) is 5.22. The molecule has 5 nitrogen and oxygen atoms in total. The van der Waals surface area contributed by atoms with Crippen molar-refractivity contribution < 1.29 is 19.4 Å². The van der Waals surface area contributed by atoms with Gasteiger partial charge in [-0.1, -0.05) is 6.08 Å². The number of anilines is 1. The van der Waals surface area contributed by atoms with Gasteiger partial charge in [-0.3, -0.25) is 4.79 Å². The maximum absolute atomic E-state index is 12.0. The summed E-state index contributed by atoms with van der Waals surface area (Å²) >= 11 is 2.04. The maximum atomic E-state index is 12.0. The van der Waals surface area contributed by atoms with Gasteiger partial charge in [0.25, 0.3) is 0 Å². The third-order valence-electron chi connectivity index (χ3n) is 3.20. The summed E-state index contributed by atoms with van der Waals surface area (Å²) in [5, 5.41) is 9.19. The summed E-state index contributed by atoms with van der Waals surface area (Å²) < 4.78 is 6.42.